The average molecular weight is 402 g/mol. The quantitative estimate of drug-likeness (QED) is 0.519. The Kier molecular flexibility index (Phi) is 4.91. The molecule has 0 fully saturated rings. The third-order valence-electron chi connectivity index (χ3n) is 5.20. The molecule has 0 bridgehead atoms. The van der Waals surface area contributed by atoms with Crippen LogP contribution in [0.15, 0.2) is 48.5 Å². The van der Waals surface area contributed by atoms with Gasteiger partial charge < -0.3 is 14.5 Å². The van der Waals surface area contributed by atoms with Crippen molar-refractivity contribution in [3.8, 4) is 11.5 Å². The number of carbonyl (C=O) groups is 2. The molecule has 1 aliphatic heterocycles. The summed E-state index contributed by atoms with van der Waals surface area (Å²) in [6.45, 7) is 3.91. The summed E-state index contributed by atoms with van der Waals surface area (Å²) in [7, 11) is 3.05. The van der Waals surface area contributed by atoms with Crippen molar-refractivity contribution in [2.24, 2.45) is 0 Å². The third-order valence-corrected chi connectivity index (χ3v) is 5.20. The number of carbonyl (C=O) groups excluding carboxylic acids is 2. The number of aromatic nitrogens is 1. The molecule has 1 N–H and O–H groups in total. The molecule has 2 aromatic carbocycles. The fourth-order valence-electron chi connectivity index (χ4n) is 3.73. The van der Waals surface area contributed by atoms with Gasteiger partial charge in [0.25, 0.3) is 11.8 Å². The molecule has 0 radical (unpaired) electrons. The minimum absolute atomic E-state index is 0.399. The molecule has 0 saturated heterocycles. The summed E-state index contributed by atoms with van der Waals surface area (Å²) in [5.74, 6) is 0.168. The van der Waals surface area contributed by atoms with E-state index in [4.69, 9.17) is 9.47 Å². The van der Waals surface area contributed by atoms with Crippen molar-refractivity contribution >= 4 is 29.2 Å². The van der Waals surface area contributed by atoms with Crippen LogP contribution in [0.25, 0.3) is 11.6 Å². The lowest BCUT2D eigenvalue weighted by Gasteiger charge is -2.29. The Balaban J connectivity index is 1.96. The Morgan fingerprint density at radius 3 is 2.33 bits per heavy atom. The van der Waals surface area contributed by atoms with Gasteiger partial charge in [-0.1, -0.05) is 12.1 Å². The Morgan fingerprint density at radius 2 is 1.67 bits per heavy atom. The zero-order valence-electron chi connectivity index (χ0n) is 17.3. The van der Waals surface area contributed by atoms with Crippen LogP contribution in [0.4, 0.5) is 5.69 Å². The molecule has 3 aromatic rings. The normalized spacial score (nSPS) is 14.8. The first-order valence-electron chi connectivity index (χ1n) is 9.52. The Morgan fingerprint density at radius 1 is 0.900 bits per heavy atom. The molecule has 0 aliphatic carbocycles. The van der Waals surface area contributed by atoms with Crippen LogP contribution in [0.5, 0.6) is 11.5 Å². The van der Waals surface area contributed by atoms with Crippen LogP contribution in [0.2, 0.25) is 0 Å². The van der Waals surface area contributed by atoms with Gasteiger partial charge in [0.15, 0.2) is 0 Å². The molecule has 0 unspecified atom stereocenters. The van der Waals surface area contributed by atoms with Gasteiger partial charge in [0, 0.05) is 22.5 Å². The number of benzene rings is 2. The lowest BCUT2D eigenvalue weighted by molar-refractivity contribution is -0.112. The van der Waals surface area contributed by atoms with Gasteiger partial charge in [-0.25, -0.2) is 4.90 Å². The van der Waals surface area contributed by atoms with E-state index in [1.807, 2.05) is 26.0 Å². The lowest BCUT2D eigenvalue weighted by atomic mass is 9.91. The van der Waals surface area contributed by atoms with E-state index in [-0.39, 0.29) is 0 Å². The average Bonchev–Trinajstić information content (AvgIpc) is 3.07. The number of aromatic amines is 1. The number of nitrogens with one attached hydrogen (secondary N) is 1. The minimum atomic E-state index is -0.419. The predicted octanol–water partition coefficient (Wildman–Crippen LogP) is 4.38. The highest BCUT2D eigenvalue weighted by Gasteiger charge is 2.37. The summed E-state index contributed by atoms with van der Waals surface area (Å²) in [4.78, 5) is 31.4. The van der Waals surface area contributed by atoms with Crippen molar-refractivity contribution in [1.29, 1.82) is 0 Å². The molecular weight excluding hydrogens is 380 g/mol. The smallest absolute Gasteiger partial charge is 0.266 e. The van der Waals surface area contributed by atoms with Gasteiger partial charge in [0.2, 0.25) is 0 Å². The van der Waals surface area contributed by atoms with Gasteiger partial charge >= 0.3 is 0 Å². The highest BCUT2D eigenvalue weighted by Crippen LogP contribution is 2.38. The van der Waals surface area contributed by atoms with E-state index < -0.39 is 11.8 Å². The molecular formula is C24H22N2O4. The Bertz CT molecular complexity index is 1190. The first-order valence-corrected chi connectivity index (χ1v) is 9.52. The van der Waals surface area contributed by atoms with E-state index in [0.29, 0.717) is 33.9 Å². The number of anilines is 1. The van der Waals surface area contributed by atoms with Crippen LogP contribution in [0, 0.1) is 13.8 Å². The lowest BCUT2D eigenvalue weighted by Crippen LogP contribution is -2.42. The van der Waals surface area contributed by atoms with Crippen molar-refractivity contribution < 1.29 is 19.1 Å². The van der Waals surface area contributed by atoms with Crippen LogP contribution in [0.3, 0.4) is 0 Å². The summed E-state index contributed by atoms with van der Waals surface area (Å²) in [5, 5.41) is 0. The number of nitrogens with zero attached hydrogens (tertiary/aromatic N) is 1. The molecule has 4 rings (SSSR count). The summed E-state index contributed by atoms with van der Waals surface area (Å²) in [5.41, 5.74) is 4.65. The molecule has 6 nitrogen and oxygen atoms in total. The highest BCUT2D eigenvalue weighted by molar-refractivity contribution is 6.43. The van der Waals surface area contributed by atoms with Gasteiger partial charge in [-0.3, -0.25) is 9.59 Å². The molecule has 0 atom stereocenters. The second kappa shape index (κ2) is 7.55. The first-order chi connectivity index (χ1) is 14.4. The summed E-state index contributed by atoms with van der Waals surface area (Å²) in [6, 6.07) is 14.1. The second-order valence-electron chi connectivity index (χ2n) is 7.12. The van der Waals surface area contributed by atoms with Gasteiger partial charge in [-0.05, 0) is 61.9 Å². The van der Waals surface area contributed by atoms with Crippen molar-refractivity contribution in [2.75, 3.05) is 19.1 Å². The Hall–Kier alpha value is -3.80. The standard InChI is InChI=1S/C24H22N2O4/c1-14-11-16(15(2)25-14)12-19-18-10-9-17(29-3)13-20(18)24(28)26(23(19)27)21-7-5-6-8-22(21)30-4/h5-13,25H,1-4H3/b19-12+. The number of fused-ring (bicyclic) bond motifs is 1. The second-order valence-corrected chi connectivity index (χ2v) is 7.12. The molecule has 0 spiro atoms. The van der Waals surface area contributed by atoms with Crippen molar-refractivity contribution in [3.63, 3.8) is 0 Å². The van der Waals surface area contributed by atoms with Gasteiger partial charge in [-0.2, -0.15) is 0 Å². The minimum Gasteiger partial charge on any atom is -0.497 e. The maximum Gasteiger partial charge on any atom is 0.266 e. The summed E-state index contributed by atoms with van der Waals surface area (Å²) >= 11 is 0. The molecule has 2 amide bonds. The Labute approximate surface area is 174 Å². The van der Waals surface area contributed by atoms with Crippen LogP contribution in [-0.2, 0) is 4.79 Å². The van der Waals surface area contributed by atoms with Gasteiger partial charge in [0.05, 0.1) is 25.5 Å². The van der Waals surface area contributed by atoms with Crippen LogP contribution in [0.1, 0.15) is 32.9 Å². The first kappa shape index (κ1) is 19.5. The highest BCUT2D eigenvalue weighted by atomic mass is 16.5. The summed E-state index contributed by atoms with van der Waals surface area (Å²) in [6.07, 6.45) is 1.82. The monoisotopic (exact) mass is 402 g/mol. The topological polar surface area (TPSA) is 71.6 Å². The van der Waals surface area contributed by atoms with Gasteiger partial charge in [0.1, 0.15) is 11.5 Å². The van der Waals surface area contributed by atoms with E-state index in [9.17, 15) is 9.59 Å². The maximum atomic E-state index is 13.6. The number of hydrogen-bond acceptors (Lipinski definition) is 4. The summed E-state index contributed by atoms with van der Waals surface area (Å²) < 4.78 is 10.7. The predicted molar refractivity (Wildman–Crippen MR) is 116 cm³/mol. The number of para-hydroxylation sites is 2. The largest absolute Gasteiger partial charge is 0.497 e. The van der Waals surface area contributed by atoms with Crippen LogP contribution < -0.4 is 14.4 Å². The fourth-order valence-corrected chi connectivity index (χ4v) is 3.73. The van der Waals surface area contributed by atoms with Crippen molar-refractivity contribution in [2.45, 2.75) is 13.8 Å². The van der Waals surface area contributed by atoms with Crippen molar-refractivity contribution in [3.05, 3.63) is 76.6 Å². The molecule has 152 valence electrons. The van der Waals surface area contributed by atoms with E-state index in [0.717, 1.165) is 17.0 Å². The van der Waals surface area contributed by atoms with Gasteiger partial charge in [-0.15, -0.1) is 0 Å². The number of amides is 2. The molecule has 0 saturated carbocycles. The van der Waals surface area contributed by atoms with E-state index >= 15 is 0 Å². The molecule has 1 aromatic heterocycles. The molecule has 6 heteroatoms. The number of ether oxygens (including phenoxy) is 2. The number of hydrogen-bond donors (Lipinski definition) is 1. The fraction of sp³-hybridized carbons (Fsp3) is 0.167. The maximum absolute atomic E-state index is 13.6. The van der Waals surface area contributed by atoms with Crippen LogP contribution in [-0.4, -0.2) is 31.0 Å². The molecule has 2 heterocycles. The number of rotatable bonds is 4. The molecule has 1 aliphatic rings. The van der Waals surface area contributed by atoms with Crippen LogP contribution >= 0.6 is 0 Å². The SMILES string of the molecule is COc1ccc2c(c1)C(=O)N(c1ccccc1OC)C(=O)/C2=C/c1cc(C)[nH]c1C. The number of H-pyrrole nitrogens is 1. The third kappa shape index (κ3) is 3.16. The number of aryl methyl sites for hydroxylation is 2. The molecule has 30 heavy (non-hydrogen) atoms. The van der Waals surface area contributed by atoms with E-state index in [1.54, 1.807) is 49.6 Å². The van der Waals surface area contributed by atoms with E-state index in [2.05, 4.69) is 4.98 Å². The number of imide groups is 1. The van der Waals surface area contributed by atoms with E-state index in [1.165, 1.54) is 12.0 Å². The zero-order valence-corrected chi connectivity index (χ0v) is 17.3. The number of methoxy groups -OCH3 is 2. The van der Waals surface area contributed by atoms with Crippen molar-refractivity contribution in [1.82, 2.24) is 4.98 Å². The zero-order chi connectivity index (χ0) is 21.4.